The first kappa shape index (κ1) is 14.7. The maximum absolute atomic E-state index is 12.1. The van der Waals surface area contributed by atoms with Gasteiger partial charge in [-0.25, -0.2) is 0 Å². The number of benzene rings is 1. The summed E-state index contributed by atoms with van der Waals surface area (Å²) in [6.07, 6.45) is 4.59. The molecule has 0 radical (unpaired) electrons. The van der Waals surface area contributed by atoms with Gasteiger partial charge in [-0.1, -0.05) is 18.6 Å². The van der Waals surface area contributed by atoms with E-state index in [0.29, 0.717) is 18.2 Å². The highest BCUT2D eigenvalue weighted by Gasteiger charge is 2.39. The van der Waals surface area contributed by atoms with E-state index in [0.717, 1.165) is 11.8 Å². The number of hydrogen-bond donors (Lipinski definition) is 2. The molecule has 0 aliphatic heterocycles. The molecule has 0 spiro atoms. The smallest absolute Gasteiger partial charge is 0.387 e. The molecule has 3 nitrogen and oxygen atoms in total. The highest BCUT2D eigenvalue weighted by Crippen LogP contribution is 2.44. The van der Waals surface area contributed by atoms with Crippen molar-refractivity contribution in [3.05, 3.63) is 29.8 Å². The van der Waals surface area contributed by atoms with Crippen molar-refractivity contribution in [2.24, 2.45) is 11.8 Å². The average molecular weight is 297 g/mol. The van der Waals surface area contributed by atoms with Gasteiger partial charge in [0.2, 0.25) is 0 Å². The third kappa shape index (κ3) is 3.52. The third-order valence-corrected chi connectivity index (χ3v) is 4.80. The first-order valence-electron chi connectivity index (χ1n) is 7.58. The van der Waals surface area contributed by atoms with Crippen molar-refractivity contribution in [3.8, 4) is 5.75 Å². The SMILES string of the molecule is OC(CNC1CC2CCC1C2)c1ccc(OC(F)F)cc1. The Morgan fingerprint density at radius 2 is 1.95 bits per heavy atom. The summed E-state index contributed by atoms with van der Waals surface area (Å²) < 4.78 is 28.4. The van der Waals surface area contributed by atoms with Gasteiger partial charge >= 0.3 is 6.61 Å². The maximum atomic E-state index is 12.1. The van der Waals surface area contributed by atoms with Gasteiger partial charge in [0.1, 0.15) is 5.75 Å². The van der Waals surface area contributed by atoms with Gasteiger partial charge in [0.15, 0.2) is 0 Å². The standard InChI is InChI=1S/C16H21F2NO2/c17-16(18)21-13-5-3-11(4-6-13)15(20)9-19-14-8-10-1-2-12(14)7-10/h3-6,10,12,14-16,19-20H,1-2,7-9H2. The van der Waals surface area contributed by atoms with Gasteiger partial charge < -0.3 is 15.2 Å². The monoisotopic (exact) mass is 297 g/mol. The number of aliphatic hydroxyl groups excluding tert-OH is 1. The van der Waals surface area contributed by atoms with E-state index in [1.165, 1.54) is 37.8 Å². The lowest BCUT2D eigenvalue weighted by Crippen LogP contribution is -2.36. The zero-order valence-corrected chi connectivity index (χ0v) is 11.8. The molecule has 4 unspecified atom stereocenters. The third-order valence-electron chi connectivity index (χ3n) is 4.80. The number of fused-ring (bicyclic) bond motifs is 2. The highest BCUT2D eigenvalue weighted by molar-refractivity contribution is 5.28. The molecule has 0 amide bonds. The molecule has 2 N–H and O–H groups in total. The molecule has 2 aliphatic rings. The maximum Gasteiger partial charge on any atom is 0.387 e. The lowest BCUT2D eigenvalue weighted by molar-refractivity contribution is -0.0498. The predicted molar refractivity (Wildman–Crippen MR) is 75.3 cm³/mol. The molecule has 5 heteroatoms. The van der Waals surface area contributed by atoms with Crippen molar-refractivity contribution in [1.82, 2.24) is 5.32 Å². The molecule has 116 valence electrons. The molecule has 0 aromatic heterocycles. The number of aliphatic hydroxyl groups is 1. The molecule has 1 aromatic carbocycles. The molecule has 1 aromatic rings. The predicted octanol–water partition coefficient (Wildman–Crippen LogP) is 3.10. The molecule has 2 aliphatic carbocycles. The lowest BCUT2D eigenvalue weighted by atomic mass is 9.95. The molecule has 2 bridgehead atoms. The van der Waals surface area contributed by atoms with Gasteiger partial charge in [-0.3, -0.25) is 0 Å². The number of halogens is 2. The second kappa shape index (κ2) is 6.28. The van der Waals surface area contributed by atoms with Crippen LogP contribution in [0.3, 0.4) is 0 Å². The Morgan fingerprint density at radius 1 is 1.19 bits per heavy atom. The second-order valence-corrected chi connectivity index (χ2v) is 6.15. The zero-order valence-electron chi connectivity index (χ0n) is 11.8. The van der Waals surface area contributed by atoms with Crippen LogP contribution in [0.2, 0.25) is 0 Å². The summed E-state index contributed by atoms with van der Waals surface area (Å²) in [5.74, 6) is 1.75. The second-order valence-electron chi connectivity index (χ2n) is 6.15. The molecule has 2 fully saturated rings. The Bertz CT molecular complexity index is 466. The molecule has 4 atom stereocenters. The first-order valence-corrected chi connectivity index (χ1v) is 7.58. The van der Waals surface area contributed by atoms with Crippen molar-refractivity contribution in [2.75, 3.05) is 6.54 Å². The van der Waals surface area contributed by atoms with Crippen molar-refractivity contribution in [2.45, 2.75) is 44.4 Å². The van der Waals surface area contributed by atoms with Gasteiger partial charge in [0.25, 0.3) is 0 Å². The summed E-state index contributed by atoms with van der Waals surface area (Å²) in [6.45, 7) is -2.32. The fourth-order valence-corrected chi connectivity index (χ4v) is 3.75. The van der Waals surface area contributed by atoms with Crippen LogP contribution in [-0.2, 0) is 0 Å². The van der Waals surface area contributed by atoms with E-state index in [-0.39, 0.29) is 5.75 Å². The summed E-state index contributed by atoms with van der Waals surface area (Å²) in [5.41, 5.74) is 0.715. The van der Waals surface area contributed by atoms with Gasteiger partial charge in [-0.05, 0) is 48.8 Å². The molecule has 3 rings (SSSR count). The topological polar surface area (TPSA) is 41.5 Å². The summed E-state index contributed by atoms with van der Waals surface area (Å²) in [4.78, 5) is 0. The van der Waals surface area contributed by atoms with Crippen LogP contribution in [0.25, 0.3) is 0 Å². The number of ether oxygens (including phenoxy) is 1. The minimum Gasteiger partial charge on any atom is -0.435 e. The van der Waals surface area contributed by atoms with Crippen LogP contribution in [0.1, 0.15) is 37.4 Å². The fourth-order valence-electron chi connectivity index (χ4n) is 3.75. The number of hydrogen-bond acceptors (Lipinski definition) is 3. The van der Waals surface area contributed by atoms with Gasteiger partial charge in [-0.15, -0.1) is 0 Å². The minimum absolute atomic E-state index is 0.113. The number of nitrogens with one attached hydrogen (secondary N) is 1. The van der Waals surface area contributed by atoms with Crippen LogP contribution in [0.15, 0.2) is 24.3 Å². The normalized spacial score (nSPS) is 29.0. The Labute approximate surface area is 123 Å². The quantitative estimate of drug-likeness (QED) is 0.848. The molecule has 2 saturated carbocycles. The van der Waals surface area contributed by atoms with Crippen LogP contribution in [-0.4, -0.2) is 24.3 Å². The zero-order chi connectivity index (χ0) is 14.8. The molecular weight excluding hydrogens is 276 g/mol. The summed E-state index contributed by atoms with van der Waals surface area (Å²) >= 11 is 0. The van der Waals surface area contributed by atoms with E-state index in [2.05, 4.69) is 10.1 Å². The number of alkyl halides is 2. The van der Waals surface area contributed by atoms with Crippen LogP contribution in [0.4, 0.5) is 8.78 Å². The van der Waals surface area contributed by atoms with Crippen molar-refractivity contribution in [1.29, 1.82) is 0 Å². The Hall–Kier alpha value is -1.20. The highest BCUT2D eigenvalue weighted by atomic mass is 19.3. The van der Waals surface area contributed by atoms with Gasteiger partial charge in [0, 0.05) is 12.6 Å². The van der Waals surface area contributed by atoms with E-state index in [1.54, 1.807) is 12.1 Å². The minimum atomic E-state index is -2.82. The van der Waals surface area contributed by atoms with E-state index < -0.39 is 12.7 Å². The lowest BCUT2D eigenvalue weighted by Gasteiger charge is -2.24. The van der Waals surface area contributed by atoms with E-state index >= 15 is 0 Å². The van der Waals surface area contributed by atoms with Gasteiger partial charge in [0.05, 0.1) is 6.10 Å². The van der Waals surface area contributed by atoms with Crippen LogP contribution < -0.4 is 10.1 Å². The number of rotatable bonds is 6. The van der Waals surface area contributed by atoms with Crippen molar-refractivity contribution < 1.29 is 18.6 Å². The first-order chi connectivity index (χ1) is 10.1. The van der Waals surface area contributed by atoms with Crippen molar-refractivity contribution in [3.63, 3.8) is 0 Å². The Balaban J connectivity index is 1.49. The molecule has 21 heavy (non-hydrogen) atoms. The van der Waals surface area contributed by atoms with E-state index in [9.17, 15) is 13.9 Å². The van der Waals surface area contributed by atoms with Crippen LogP contribution in [0.5, 0.6) is 5.75 Å². The van der Waals surface area contributed by atoms with Crippen molar-refractivity contribution >= 4 is 0 Å². The fraction of sp³-hybridized carbons (Fsp3) is 0.625. The van der Waals surface area contributed by atoms with Gasteiger partial charge in [-0.2, -0.15) is 8.78 Å². The van der Waals surface area contributed by atoms with E-state index in [4.69, 9.17) is 0 Å². The largest absolute Gasteiger partial charge is 0.435 e. The Kier molecular flexibility index (Phi) is 4.40. The molecule has 0 saturated heterocycles. The van der Waals surface area contributed by atoms with Crippen LogP contribution in [0, 0.1) is 11.8 Å². The summed E-state index contributed by atoms with van der Waals surface area (Å²) in [7, 11) is 0. The average Bonchev–Trinajstić information content (AvgIpc) is 3.07. The molecule has 0 heterocycles. The summed E-state index contributed by atoms with van der Waals surface area (Å²) in [5, 5.41) is 13.6. The van der Waals surface area contributed by atoms with Crippen LogP contribution >= 0.6 is 0 Å². The Morgan fingerprint density at radius 3 is 2.52 bits per heavy atom. The summed E-state index contributed by atoms with van der Waals surface area (Å²) in [6, 6.07) is 6.71. The van der Waals surface area contributed by atoms with E-state index in [1.807, 2.05) is 0 Å². The molecular formula is C16H21F2NO2.